The smallest absolute Gasteiger partial charge is 0.336 e. The summed E-state index contributed by atoms with van der Waals surface area (Å²) < 4.78 is 11.4. The molecule has 0 saturated carbocycles. The molecule has 2 aromatic heterocycles. The normalized spacial score (nSPS) is 10.6. The minimum atomic E-state index is -0.436. The molecule has 8 nitrogen and oxygen atoms in total. The van der Waals surface area contributed by atoms with Crippen LogP contribution in [0.25, 0.3) is 11.0 Å². The van der Waals surface area contributed by atoms with E-state index in [2.05, 4.69) is 21.6 Å². The van der Waals surface area contributed by atoms with E-state index in [4.69, 9.17) is 14.4 Å². The zero-order chi connectivity index (χ0) is 22.5. The maximum Gasteiger partial charge on any atom is 0.336 e. The van der Waals surface area contributed by atoms with Crippen molar-refractivity contribution in [3.8, 4) is 11.8 Å². The van der Waals surface area contributed by atoms with Gasteiger partial charge in [-0.05, 0) is 42.3 Å². The lowest BCUT2D eigenvalue weighted by Gasteiger charge is -2.07. The molecule has 0 fully saturated rings. The molecule has 2 aromatic carbocycles. The third kappa shape index (κ3) is 5.32. The van der Waals surface area contributed by atoms with Gasteiger partial charge in [0.2, 0.25) is 5.13 Å². The highest BCUT2D eigenvalue weighted by molar-refractivity contribution is 8.00. The van der Waals surface area contributed by atoms with Crippen LogP contribution in [0.4, 0.5) is 5.13 Å². The molecule has 0 saturated heterocycles. The Labute approximate surface area is 190 Å². The number of carbonyl (C=O) groups excluding carboxylic acids is 1. The molecule has 0 atom stereocenters. The fourth-order valence-corrected chi connectivity index (χ4v) is 4.56. The number of hydrogen-bond donors (Lipinski definition) is 1. The first-order valence-electron chi connectivity index (χ1n) is 9.43. The summed E-state index contributed by atoms with van der Waals surface area (Å²) in [7, 11) is 0. The number of benzene rings is 2. The number of ether oxygens (including phenoxy) is 1. The summed E-state index contributed by atoms with van der Waals surface area (Å²) in [6.45, 7) is 1.60. The molecule has 1 amide bonds. The molecule has 2 heterocycles. The monoisotopic (exact) mass is 464 g/mol. The number of nitrogens with zero attached hydrogens (tertiary/aromatic N) is 3. The molecule has 0 spiro atoms. The number of nitrogens with one attached hydrogen (secondary N) is 1. The fraction of sp³-hybridized carbons (Fsp3) is 0.136. The van der Waals surface area contributed by atoms with Gasteiger partial charge in [-0.2, -0.15) is 5.26 Å². The predicted molar refractivity (Wildman–Crippen MR) is 122 cm³/mol. The molecule has 4 aromatic rings. The van der Waals surface area contributed by atoms with Gasteiger partial charge in [-0.3, -0.25) is 10.1 Å². The van der Waals surface area contributed by atoms with Crippen LogP contribution in [0.3, 0.4) is 0 Å². The Hall–Kier alpha value is -3.68. The summed E-state index contributed by atoms with van der Waals surface area (Å²) in [5.41, 5.74) is 2.45. The average Bonchev–Trinajstić information content (AvgIpc) is 3.23. The summed E-state index contributed by atoms with van der Waals surface area (Å²) in [5, 5.41) is 20.7. The molecule has 0 aliphatic carbocycles. The number of carbonyl (C=O) groups is 1. The first-order chi connectivity index (χ1) is 15.5. The van der Waals surface area contributed by atoms with Crippen molar-refractivity contribution in [2.75, 3.05) is 11.9 Å². The van der Waals surface area contributed by atoms with E-state index in [0.29, 0.717) is 32.1 Å². The van der Waals surface area contributed by atoms with Gasteiger partial charge < -0.3 is 9.15 Å². The van der Waals surface area contributed by atoms with Crippen LogP contribution in [0.5, 0.6) is 5.75 Å². The number of aromatic nitrogens is 2. The van der Waals surface area contributed by atoms with E-state index in [1.54, 1.807) is 30.3 Å². The Bertz CT molecular complexity index is 1370. The topological polar surface area (TPSA) is 118 Å². The highest BCUT2D eigenvalue weighted by atomic mass is 32.2. The summed E-state index contributed by atoms with van der Waals surface area (Å²) in [6.07, 6.45) is 0. The van der Waals surface area contributed by atoms with E-state index in [9.17, 15) is 9.59 Å². The quantitative estimate of drug-likeness (QED) is 0.246. The Morgan fingerprint density at radius 2 is 2.03 bits per heavy atom. The van der Waals surface area contributed by atoms with Crippen LogP contribution in [-0.4, -0.2) is 22.7 Å². The van der Waals surface area contributed by atoms with Crippen LogP contribution in [-0.2, 0) is 10.5 Å². The van der Waals surface area contributed by atoms with Gasteiger partial charge in [0.05, 0.1) is 11.6 Å². The van der Waals surface area contributed by atoms with E-state index >= 15 is 0 Å². The van der Waals surface area contributed by atoms with Crippen molar-refractivity contribution in [2.45, 2.75) is 17.0 Å². The molecular formula is C22H16N4O4S2. The van der Waals surface area contributed by atoms with Crippen LogP contribution >= 0.6 is 23.1 Å². The lowest BCUT2D eigenvalue weighted by atomic mass is 10.1. The second kappa shape index (κ2) is 9.64. The van der Waals surface area contributed by atoms with Gasteiger partial charge in [0.25, 0.3) is 5.91 Å². The van der Waals surface area contributed by atoms with E-state index in [1.165, 1.54) is 29.2 Å². The molecule has 10 heteroatoms. The van der Waals surface area contributed by atoms with Crippen molar-refractivity contribution in [1.29, 1.82) is 5.26 Å². The molecule has 0 aliphatic rings. The SMILES string of the molecule is Cc1cc(=O)oc2cc(OCC(=O)Nc3nnc(SCc4ccc(C#N)cc4)s3)ccc12. The van der Waals surface area contributed by atoms with Gasteiger partial charge in [0.1, 0.15) is 11.3 Å². The number of hydrogen-bond acceptors (Lipinski definition) is 9. The van der Waals surface area contributed by atoms with Crippen LogP contribution in [0, 0.1) is 18.3 Å². The zero-order valence-corrected chi connectivity index (χ0v) is 18.5. The number of rotatable bonds is 7. The predicted octanol–water partition coefficient (Wildman–Crippen LogP) is 4.13. The molecule has 160 valence electrons. The number of aryl methyl sites for hydroxylation is 1. The summed E-state index contributed by atoms with van der Waals surface area (Å²) in [5.74, 6) is 0.711. The van der Waals surface area contributed by atoms with Gasteiger partial charge in [-0.15, -0.1) is 10.2 Å². The fourth-order valence-electron chi connectivity index (χ4n) is 2.84. The highest BCUT2D eigenvalue weighted by Crippen LogP contribution is 2.28. The Balaban J connectivity index is 1.30. The number of anilines is 1. The van der Waals surface area contributed by atoms with Crippen molar-refractivity contribution in [3.63, 3.8) is 0 Å². The maximum absolute atomic E-state index is 12.2. The van der Waals surface area contributed by atoms with Gasteiger partial charge >= 0.3 is 5.63 Å². The first-order valence-corrected chi connectivity index (χ1v) is 11.2. The highest BCUT2D eigenvalue weighted by Gasteiger charge is 2.11. The third-order valence-corrected chi connectivity index (χ3v) is 6.43. The lowest BCUT2D eigenvalue weighted by Crippen LogP contribution is -2.20. The van der Waals surface area contributed by atoms with Crippen LogP contribution < -0.4 is 15.7 Å². The van der Waals surface area contributed by atoms with Crippen molar-refractivity contribution < 1.29 is 13.9 Å². The summed E-state index contributed by atoms with van der Waals surface area (Å²) in [6, 6.07) is 15.9. The van der Waals surface area contributed by atoms with Gasteiger partial charge in [-0.1, -0.05) is 35.2 Å². The van der Waals surface area contributed by atoms with E-state index in [1.807, 2.05) is 19.1 Å². The molecule has 0 bridgehead atoms. The number of thioether (sulfide) groups is 1. The van der Waals surface area contributed by atoms with E-state index < -0.39 is 5.63 Å². The molecule has 4 rings (SSSR count). The average molecular weight is 465 g/mol. The van der Waals surface area contributed by atoms with Crippen LogP contribution in [0.1, 0.15) is 16.7 Å². The molecule has 0 radical (unpaired) electrons. The number of nitriles is 1. The molecular weight excluding hydrogens is 448 g/mol. The first kappa shape index (κ1) is 21.5. The zero-order valence-electron chi connectivity index (χ0n) is 16.8. The van der Waals surface area contributed by atoms with Crippen molar-refractivity contribution >= 4 is 45.1 Å². The molecule has 0 aliphatic heterocycles. The lowest BCUT2D eigenvalue weighted by molar-refractivity contribution is -0.118. The molecule has 1 N–H and O–H groups in total. The van der Waals surface area contributed by atoms with Crippen molar-refractivity contribution in [1.82, 2.24) is 10.2 Å². The standard InChI is InChI=1S/C22H16N4O4S2/c1-13-8-20(28)30-18-9-16(6-7-17(13)18)29-11-19(27)24-21-25-26-22(32-21)31-12-15-4-2-14(10-23)3-5-15/h2-9H,11-12H2,1H3,(H,24,25,27). The summed E-state index contributed by atoms with van der Waals surface area (Å²) >= 11 is 2.76. The van der Waals surface area contributed by atoms with Gasteiger partial charge in [0, 0.05) is 23.3 Å². The molecule has 0 unspecified atom stereocenters. The second-order valence-corrected chi connectivity index (χ2v) is 8.91. The van der Waals surface area contributed by atoms with Gasteiger partial charge in [-0.25, -0.2) is 4.79 Å². The number of amides is 1. The van der Waals surface area contributed by atoms with Crippen molar-refractivity contribution in [3.05, 3.63) is 75.6 Å². The second-order valence-electron chi connectivity index (χ2n) is 6.71. The van der Waals surface area contributed by atoms with Crippen LogP contribution in [0.15, 0.2) is 62.1 Å². The molecule has 32 heavy (non-hydrogen) atoms. The minimum Gasteiger partial charge on any atom is -0.484 e. The Kier molecular flexibility index (Phi) is 6.49. The Morgan fingerprint density at radius 1 is 1.22 bits per heavy atom. The van der Waals surface area contributed by atoms with Gasteiger partial charge in [0.15, 0.2) is 10.9 Å². The van der Waals surface area contributed by atoms with Crippen LogP contribution in [0.2, 0.25) is 0 Å². The largest absolute Gasteiger partial charge is 0.484 e. The third-order valence-electron chi connectivity index (χ3n) is 4.39. The maximum atomic E-state index is 12.2. The van der Waals surface area contributed by atoms with E-state index in [0.717, 1.165) is 16.5 Å². The van der Waals surface area contributed by atoms with Crippen molar-refractivity contribution in [2.24, 2.45) is 0 Å². The summed E-state index contributed by atoms with van der Waals surface area (Å²) in [4.78, 5) is 23.7. The Morgan fingerprint density at radius 3 is 2.81 bits per heavy atom. The minimum absolute atomic E-state index is 0.227. The number of fused-ring (bicyclic) bond motifs is 1. The van der Waals surface area contributed by atoms with E-state index in [-0.39, 0.29) is 12.5 Å².